The Morgan fingerprint density at radius 3 is 2.63 bits per heavy atom. The number of piperidine rings is 1. The van der Waals surface area contributed by atoms with Gasteiger partial charge in [0.25, 0.3) is 0 Å². The van der Waals surface area contributed by atoms with Crippen LogP contribution < -0.4 is 4.90 Å². The van der Waals surface area contributed by atoms with Gasteiger partial charge in [0.15, 0.2) is 0 Å². The summed E-state index contributed by atoms with van der Waals surface area (Å²) < 4.78 is 0. The number of para-hydroxylation sites is 1. The molecule has 0 atom stereocenters. The molecule has 0 radical (unpaired) electrons. The van der Waals surface area contributed by atoms with E-state index in [1.54, 1.807) is 12.1 Å². The number of carboxylic acid groups (broad SMARTS) is 1. The average molecular weight is 262 g/mol. The van der Waals surface area contributed by atoms with E-state index in [2.05, 4.69) is 16.8 Å². The highest BCUT2D eigenvalue weighted by Crippen LogP contribution is 2.23. The van der Waals surface area contributed by atoms with Crippen LogP contribution in [0.2, 0.25) is 0 Å². The minimum Gasteiger partial charge on any atom is -0.478 e. The second-order valence-electron chi connectivity index (χ2n) is 5.45. The minimum absolute atomic E-state index is 0.387. The van der Waals surface area contributed by atoms with E-state index in [0.717, 1.165) is 25.3 Å². The van der Waals surface area contributed by atoms with Crippen molar-refractivity contribution in [1.82, 2.24) is 4.90 Å². The van der Waals surface area contributed by atoms with Crippen molar-refractivity contribution in [3.8, 4) is 0 Å². The number of hydrogen-bond donors (Lipinski definition) is 1. The normalized spacial score (nSPS) is 17.4. The number of likely N-dealkylation sites (tertiary alicyclic amines) is 1. The Bertz CT molecular complexity index is 440. The van der Waals surface area contributed by atoms with Crippen molar-refractivity contribution in [3.05, 3.63) is 29.8 Å². The van der Waals surface area contributed by atoms with E-state index in [-0.39, 0.29) is 0 Å². The molecule has 1 aromatic rings. The molecule has 1 heterocycles. The van der Waals surface area contributed by atoms with Crippen LogP contribution in [0.15, 0.2) is 24.3 Å². The quantitative estimate of drug-likeness (QED) is 0.903. The summed E-state index contributed by atoms with van der Waals surface area (Å²) in [6, 6.07) is 7.23. The molecule has 0 unspecified atom stereocenters. The molecule has 4 heteroatoms. The molecule has 0 spiro atoms. The Hall–Kier alpha value is -1.55. The molecular formula is C15H22N2O2. The van der Waals surface area contributed by atoms with E-state index < -0.39 is 5.97 Å². The first-order valence-electron chi connectivity index (χ1n) is 6.80. The molecule has 0 saturated carbocycles. The number of anilines is 1. The third kappa shape index (κ3) is 3.47. The zero-order chi connectivity index (χ0) is 13.8. The van der Waals surface area contributed by atoms with Gasteiger partial charge in [-0.25, -0.2) is 4.79 Å². The molecule has 0 aromatic heterocycles. The number of rotatable bonds is 4. The summed E-state index contributed by atoms with van der Waals surface area (Å²) in [7, 11) is 4.14. The topological polar surface area (TPSA) is 43.8 Å². The molecule has 1 aliphatic rings. The van der Waals surface area contributed by atoms with Crippen LogP contribution in [0.3, 0.4) is 0 Å². The number of carbonyl (C=O) groups is 1. The van der Waals surface area contributed by atoms with Crippen molar-refractivity contribution in [3.63, 3.8) is 0 Å². The van der Waals surface area contributed by atoms with Crippen LogP contribution in [-0.2, 0) is 0 Å². The summed E-state index contributed by atoms with van der Waals surface area (Å²) >= 11 is 0. The van der Waals surface area contributed by atoms with Gasteiger partial charge < -0.3 is 14.9 Å². The Morgan fingerprint density at radius 1 is 1.37 bits per heavy atom. The van der Waals surface area contributed by atoms with Gasteiger partial charge in [0.2, 0.25) is 0 Å². The van der Waals surface area contributed by atoms with Crippen LogP contribution in [0.25, 0.3) is 0 Å². The highest BCUT2D eigenvalue weighted by Gasteiger charge is 2.20. The highest BCUT2D eigenvalue weighted by molar-refractivity contribution is 5.94. The molecule has 0 aliphatic carbocycles. The summed E-state index contributed by atoms with van der Waals surface area (Å²) in [5.74, 6) is -0.200. The highest BCUT2D eigenvalue weighted by atomic mass is 16.4. The summed E-state index contributed by atoms with van der Waals surface area (Å²) in [4.78, 5) is 15.7. The molecule has 1 aliphatic heterocycles. The average Bonchev–Trinajstić information content (AvgIpc) is 2.41. The second-order valence-corrected chi connectivity index (χ2v) is 5.45. The van der Waals surface area contributed by atoms with Gasteiger partial charge in [-0.05, 0) is 51.0 Å². The van der Waals surface area contributed by atoms with Crippen LogP contribution in [0.1, 0.15) is 23.2 Å². The number of nitrogens with zero attached hydrogens (tertiary/aromatic N) is 2. The van der Waals surface area contributed by atoms with E-state index in [9.17, 15) is 9.90 Å². The second kappa shape index (κ2) is 6.06. The van der Waals surface area contributed by atoms with Crippen molar-refractivity contribution in [2.45, 2.75) is 12.8 Å². The minimum atomic E-state index is -0.856. The maximum absolute atomic E-state index is 11.2. The van der Waals surface area contributed by atoms with Gasteiger partial charge in [-0.1, -0.05) is 12.1 Å². The van der Waals surface area contributed by atoms with E-state index in [0.29, 0.717) is 11.5 Å². The number of benzene rings is 1. The molecule has 0 amide bonds. The van der Waals surface area contributed by atoms with Gasteiger partial charge in [-0.3, -0.25) is 0 Å². The number of hydrogen-bond acceptors (Lipinski definition) is 3. The zero-order valence-corrected chi connectivity index (χ0v) is 11.7. The maximum atomic E-state index is 11.2. The van der Waals surface area contributed by atoms with Gasteiger partial charge in [0, 0.05) is 13.6 Å². The van der Waals surface area contributed by atoms with Crippen molar-refractivity contribution in [2.75, 3.05) is 38.6 Å². The number of carboxylic acids is 1. The molecule has 2 rings (SSSR count). The first-order chi connectivity index (χ1) is 9.08. The molecule has 1 fully saturated rings. The molecule has 104 valence electrons. The van der Waals surface area contributed by atoms with Crippen molar-refractivity contribution < 1.29 is 9.90 Å². The fourth-order valence-corrected chi connectivity index (χ4v) is 2.72. The van der Waals surface area contributed by atoms with Crippen molar-refractivity contribution in [1.29, 1.82) is 0 Å². The zero-order valence-electron chi connectivity index (χ0n) is 11.7. The Balaban J connectivity index is 2.03. The van der Waals surface area contributed by atoms with Gasteiger partial charge in [-0.15, -0.1) is 0 Å². The van der Waals surface area contributed by atoms with Crippen LogP contribution in [0, 0.1) is 5.92 Å². The third-order valence-electron chi connectivity index (χ3n) is 3.92. The fourth-order valence-electron chi connectivity index (χ4n) is 2.72. The van der Waals surface area contributed by atoms with E-state index in [1.165, 1.54) is 12.8 Å². The molecule has 1 saturated heterocycles. The Labute approximate surface area is 114 Å². The van der Waals surface area contributed by atoms with Crippen LogP contribution >= 0.6 is 0 Å². The first kappa shape index (κ1) is 13.9. The van der Waals surface area contributed by atoms with Gasteiger partial charge in [0.05, 0.1) is 11.3 Å². The van der Waals surface area contributed by atoms with Crippen LogP contribution in [-0.4, -0.2) is 49.7 Å². The van der Waals surface area contributed by atoms with Crippen LogP contribution in [0.4, 0.5) is 5.69 Å². The first-order valence-corrected chi connectivity index (χ1v) is 6.80. The molecule has 0 bridgehead atoms. The van der Waals surface area contributed by atoms with Crippen LogP contribution in [0.5, 0.6) is 0 Å². The summed E-state index contributed by atoms with van der Waals surface area (Å²) in [6.45, 7) is 3.20. The van der Waals surface area contributed by atoms with Gasteiger partial charge in [0.1, 0.15) is 0 Å². The largest absolute Gasteiger partial charge is 0.478 e. The van der Waals surface area contributed by atoms with E-state index >= 15 is 0 Å². The SMILES string of the molecule is CN1CCC(CN(C)c2ccccc2C(=O)O)CC1. The van der Waals surface area contributed by atoms with Crippen molar-refractivity contribution >= 4 is 11.7 Å². The summed E-state index contributed by atoms with van der Waals surface area (Å²) in [6.07, 6.45) is 2.38. The lowest BCUT2D eigenvalue weighted by Gasteiger charge is -2.32. The van der Waals surface area contributed by atoms with E-state index in [1.807, 2.05) is 19.2 Å². The fraction of sp³-hybridized carbons (Fsp3) is 0.533. The maximum Gasteiger partial charge on any atom is 0.337 e. The molecule has 1 aromatic carbocycles. The van der Waals surface area contributed by atoms with E-state index in [4.69, 9.17) is 0 Å². The van der Waals surface area contributed by atoms with Crippen molar-refractivity contribution in [2.24, 2.45) is 5.92 Å². The summed E-state index contributed by atoms with van der Waals surface area (Å²) in [5.41, 5.74) is 1.20. The molecule has 1 N–H and O–H groups in total. The predicted octanol–water partition coefficient (Wildman–Crippen LogP) is 2.16. The van der Waals surface area contributed by atoms with Gasteiger partial charge in [-0.2, -0.15) is 0 Å². The van der Waals surface area contributed by atoms with Gasteiger partial charge >= 0.3 is 5.97 Å². The predicted molar refractivity (Wildman–Crippen MR) is 76.9 cm³/mol. The molecule has 4 nitrogen and oxygen atoms in total. The molecular weight excluding hydrogens is 240 g/mol. The molecule has 19 heavy (non-hydrogen) atoms. The lowest BCUT2D eigenvalue weighted by molar-refractivity contribution is 0.0697. The Kier molecular flexibility index (Phi) is 4.43. The number of aromatic carboxylic acids is 1. The standard InChI is InChI=1S/C15H22N2O2/c1-16-9-7-12(8-10-16)11-17(2)14-6-4-3-5-13(14)15(18)19/h3-6,12H,7-11H2,1-2H3,(H,18,19). The third-order valence-corrected chi connectivity index (χ3v) is 3.92. The smallest absolute Gasteiger partial charge is 0.337 e. The Morgan fingerprint density at radius 2 is 2.00 bits per heavy atom. The monoisotopic (exact) mass is 262 g/mol. The lowest BCUT2D eigenvalue weighted by atomic mass is 9.96. The lowest BCUT2D eigenvalue weighted by Crippen LogP contribution is -2.36. The summed E-state index contributed by atoms with van der Waals surface area (Å²) in [5, 5.41) is 9.22.